The van der Waals surface area contributed by atoms with Crippen molar-refractivity contribution in [3.8, 4) is 17.0 Å². The highest BCUT2D eigenvalue weighted by atomic mass is 16.5. The second-order valence-electron chi connectivity index (χ2n) is 6.46. The van der Waals surface area contributed by atoms with Crippen molar-refractivity contribution in [1.82, 2.24) is 14.4 Å². The predicted molar refractivity (Wildman–Crippen MR) is 110 cm³/mol. The highest BCUT2D eigenvalue weighted by molar-refractivity contribution is 5.77. The molecule has 142 valence electrons. The molecule has 0 radical (unpaired) electrons. The van der Waals surface area contributed by atoms with Crippen molar-refractivity contribution in [3.05, 3.63) is 78.2 Å². The fourth-order valence-corrected chi connectivity index (χ4v) is 3.30. The van der Waals surface area contributed by atoms with Crippen molar-refractivity contribution >= 4 is 11.5 Å². The molecule has 0 aliphatic rings. The average Bonchev–Trinajstić information content (AvgIpc) is 3.12. The summed E-state index contributed by atoms with van der Waals surface area (Å²) in [6.45, 7) is 0.679. The van der Waals surface area contributed by atoms with Crippen LogP contribution in [0.4, 0.5) is 5.82 Å². The highest BCUT2D eigenvalue weighted by Gasteiger charge is 2.15. The molecule has 0 atom stereocenters. The Hall–Kier alpha value is -3.38. The van der Waals surface area contributed by atoms with Gasteiger partial charge in [-0.3, -0.25) is 9.38 Å². The molecular formula is C22H22N4O2. The van der Waals surface area contributed by atoms with Gasteiger partial charge in [0.15, 0.2) is 5.65 Å². The first kappa shape index (κ1) is 18.0. The Balaban J connectivity index is 1.69. The normalized spacial score (nSPS) is 10.9. The maximum atomic E-state index is 9.67. The van der Waals surface area contributed by atoms with Crippen molar-refractivity contribution in [2.75, 3.05) is 19.0 Å². The molecule has 0 bridgehead atoms. The molecule has 0 saturated heterocycles. The fourth-order valence-electron chi connectivity index (χ4n) is 3.30. The van der Waals surface area contributed by atoms with E-state index in [1.807, 2.05) is 34.9 Å². The van der Waals surface area contributed by atoms with E-state index in [1.54, 1.807) is 19.5 Å². The molecule has 0 unspecified atom stereocenters. The third kappa shape index (κ3) is 3.54. The van der Waals surface area contributed by atoms with Crippen molar-refractivity contribution < 1.29 is 9.84 Å². The van der Waals surface area contributed by atoms with E-state index in [-0.39, 0.29) is 6.61 Å². The van der Waals surface area contributed by atoms with E-state index in [4.69, 9.17) is 9.72 Å². The van der Waals surface area contributed by atoms with Gasteiger partial charge in [-0.1, -0.05) is 30.3 Å². The zero-order valence-electron chi connectivity index (χ0n) is 15.7. The van der Waals surface area contributed by atoms with E-state index >= 15 is 0 Å². The summed E-state index contributed by atoms with van der Waals surface area (Å²) in [5.74, 6) is 1.57. The highest BCUT2D eigenvalue weighted by Crippen LogP contribution is 2.32. The summed E-state index contributed by atoms with van der Waals surface area (Å²) in [5, 5.41) is 13.2. The van der Waals surface area contributed by atoms with E-state index in [1.165, 1.54) is 5.56 Å². The van der Waals surface area contributed by atoms with Gasteiger partial charge >= 0.3 is 0 Å². The lowest BCUT2D eigenvalue weighted by atomic mass is 10.1. The number of aliphatic hydroxyl groups is 1. The van der Waals surface area contributed by atoms with E-state index in [9.17, 15) is 5.11 Å². The summed E-state index contributed by atoms with van der Waals surface area (Å²) < 4.78 is 7.32. The lowest BCUT2D eigenvalue weighted by Gasteiger charge is -2.11. The minimum atomic E-state index is -0.0945. The molecule has 2 aromatic heterocycles. The number of ether oxygens (including phenoxy) is 1. The standard InChI is InChI=1S/C22H22N4O2/c1-28-19-8-7-17(13-18(19)15-27)21-22(26-12-11-23-14-20(26)25-21)24-10-9-16-5-3-2-4-6-16/h2-8,11-14,24,27H,9-10,15H2,1H3. The summed E-state index contributed by atoms with van der Waals surface area (Å²) in [6, 6.07) is 16.1. The number of aromatic nitrogens is 3. The minimum Gasteiger partial charge on any atom is -0.496 e. The Labute approximate surface area is 163 Å². The number of imidazole rings is 1. The fraction of sp³-hybridized carbons (Fsp3) is 0.182. The number of rotatable bonds is 7. The summed E-state index contributed by atoms with van der Waals surface area (Å²) in [7, 11) is 1.60. The number of benzene rings is 2. The maximum Gasteiger partial charge on any atom is 0.157 e. The first-order valence-electron chi connectivity index (χ1n) is 9.18. The number of fused-ring (bicyclic) bond motifs is 1. The Morgan fingerprint density at radius 2 is 2.00 bits per heavy atom. The van der Waals surface area contributed by atoms with E-state index in [0.717, 1.165) is 41.3 Å². The monoisotopic (exact) mass is 374 g/mol. The van der Waals surface area contributed by atoms with Gasteiger partial charge in [-0.15, -0.1) is 0 Å². The van der Waals surface area contributed by atoms with Crippen molar-refractivity contribution in [3.63, 3.8) is 0 Å². The van der Waals surface area contributed by atoms with Crippen LogP contribution in [0.2, 0.25) is 0 Å². The van der Waals surface area contributed by atoms with Crippen LogP contribution in [-0.2, 0) is 13.0 Å². The molecule has 2 N–H and O–H groups in total. The van der Waals surface area contributed by atoms with E-state index in [0.29, 0.717) is 5.75 Å². The summed E-state index contributed by atoms with van der Waals surface area (Å²) in [4.78, 5) is 8.93. The Morgan fingerprint density at radius 1 is 1.14 bits per heavy atom. The van der Waals surface area contributed by atoms with Gasteiger partial charge in [0.2, 0.25) is 0 Å². The third-order valence-corrected chi connectivity index (χ3v) is 4.70. The number of nitrogens with one attached hydrogen (secondary N) is 1. The van der Waals surface area contributed by atoms with Gasteiger partial charge < -0.3 is 15.2 Å². The Kier molecular flexibility index (Phi) is 5.21. The van der Waals surface area contributed by atoms with Crippen LogP contribution in [0.5, 0.6) is 5.75 Å². The molecule has 4 rings (SSSR count). The SMILES string of the molecule is COc1ccc(-c2nc3cnccn3c2NCCc2ccccc2)cc1CO. The molecule has 0 spiro atoms. The van der Waals surface area contributed by atoms with Crippen LogP contribution in [0.25, 0.3) is 16.9 Å². The van der Waals surface area contributed by atoms with Gasteiger partial charge in [-0.2, -0.15) is 0 Å². The van der Waals surface area contributed by atoms with Gasteiger partial charge in [0.25, 0.3) is 0 Å². The van der Waals surface area contributed by atoms with Crippen molar-refractivity contribution in [2.24, 2.45) is 0 Å². The van der Waals surface area contributed by atoms with Crippen LogP contribution in [0.3, 0.4) is 0 Å². The molecule has 0 aliphatic carbocycles. The van der Waals surface area contributed by atoms with Gasteiger partial charge in [0.1, 0.15) is 17.3 Å². The molecule has 0 fully saturated rings. The molecule has 0 aliphatic heterocycles. The maximum absolute atomic E-state index is 9.67. The molecule has 28 heavy (non-hydrogen) atoms. The average molecular weight is 374 g/mol. The minimum absolute atomic E-state index is 0.0945. The summed E-state index contributed by atoms with van der Waals surface area (Å²) >= 11 is 0. The van der Waals surface area contributed by atoms with Crippen molar-refractivity contribution in [2.45, 2.75) is 13.0 Å². The van der Waals surface area contributed by atoms with E-state index in [2.05, 4.69) is 34.6 Å². The number of hydrogen-bond donors (Lipinski definition) is 2. The largest absolute Gasteiger partial charge is 0.496 e. The number of anilines is 1. The van der Waals surface area contributed by atoms with Gasteiger partial charge in [0.05, 0.1) is 19.9 Å². The van der Waals surface area contributed by atoms with Crippen LogP contribution >= 0.6 is 0 Å². The Bertz CT molecular complexity index is 1080. The molecule has 4 aromatic rings. The second-order valence-corrected chi connectivity index (χ2v) is 6.46. The van der Waals surface area contributed by atoms with Gasteiger partial charge in [-0.05, 0) is 30.2 Å². The topological polar surface area (TPSA) is 71.7 Å². The van der Waals surface area contributed by atoms with E-state index < -0.39 is 0 Å². The molecule has 0 amide bonds. The van der Waals surface area contributed by atoms with Crippen LogP contribution in [0.15, 0.2) is 67.1 Å². The molecule has 2 heterocycles. The molecule has 0 saturated carbocycles. The van der Waals surface area contributed by atoms with Crippen LogP contribution in [0.1, 0.15) is 11.1 Å². The van der Waals surface area contributed by atoms with Crippen LogP contribution in [-0.4, -0.2) is 33.1 Å². The predicted octanol–water partition coefficient (Wildman–Crippen LogP) is 3.55. The smallest absolute Gasteiger partial charge is 0.157 e. The quantitative estimate of drug-likeness (QED) is 0.518. The number of aliphatic hydroxyl groups excluding tert-OH is 1. The summed E-state index contributed by atoms with van der Waals surface area (Å²) in [6.07, 6.45) is 6.28. The first-order valence-corrected chi connectivity index (χ1v) is 9.18. The third-order valence-electron chi connectivity index (χ3n) is 4.70. The molecular weight excluding hydrogens is 352 g/mol. The lowest BCUT2D eigenvalue weighted by Crippen LogP contribution is -2.08. The number of hydrogen-bond acceptors (Lipinski definition) is 5. The molecule has 2 aromatic carbocycles. The zero-order chi connectivity index (χ0) is 19.3. The van der Waals surface area contributed by atoms with Gasteiger partial charge in [0, 0.05) is 30.1 Å². The van der Waals surface area contributed by atoms with Crippen molar-refractivity contribution in [1.29, 1.82) is 0 Å². The second kappa shape index (κ2) is 8.10. The lowest BCUT2D eigenvalue weighted by molar-refractivity contribution is 0.274. The zero-order valence-corrected chi connectivity index (χ0v) is 15.7. The Morgan fingerprint density at radius 3 is 2.79 bits per heavy atom. The number of nitrogens with zero attached hydrogens (tertiary/aromatic N) is 3. The first-order chi connectivity index (χ1) is 13.8. The van der Waals surface area contributed by atoms with Crippen LogP contribution < -0.4 is 10.1 Å². The van der Waals surface area contributed by atoms with Gasteiger partial charge in [-0.25, -0.2) is 4.98 Å². The number of methoxy groups -OCH3 is 1. The van der Waals surface area contributed by atoms with Crippen LogP contribution in [0, 0.1) is 0 Å². The summed E-state index contributed by atoms with van der Waals surface area (Å²) in [5.41, 5.74) is 4.50. The molecule has 6 nitrogen and oxygen atoms in total. The molecule has 6 heteroatoms.